The number of aryl methyl sites for hydroxylation is 2. The van der Waals surface area contributed by atoms with Gasteiger partial charge in [-0.15, -0.1) is 0 Å². The lowest BCUT2D eigenvalue weighted by atomic mass is 10.0. The van der Waals surface area contributed by atoms with Crippen LogP contribution in [0, 0.1) is 19.7 Å². The maximum atomic E-state index is 13.3. The van der Waals surface area contributed by atoms with Crippen LogP contribution in [0.2, 0.25) is 5.02 Å². The summed E-state index contributed by atoms with van der Waals surface area (Å²) in [4.78, 5) is 11.6. The topological polar surface area (TPSA) is 66.4 Å². The van der Waals surface area contributed by atoms with Gasteiger partial charge in [-0.1, -0.05) is 23.7 Å². The average Bonchev–Trinajstić information content (AvgIpc) is 3.04. The minimum absolute atomic E-state index is 0.106. The molecule has 0 aliphatic carbocycles. The molecular weight excluding hydrogens is 463 g/mol. The van der Waals surface area contributed by atoms with Crippen molar-refractivity contribution in [2.45, 2.75) is 31.6 Å². The maximum Gasteiger partial charge on any atom is 0.243 e. The molecule has 1 aliphatic heterocycles. The molecule has 1 saturated heterocycles. The zero-order valence-electron chi connectivity index (χ0n) is 18.6. The number of hydrogen-bond acceptors (Lipinski definition) is 5. The molecule has 0 atom stereocenters. The first kappa shape index (κ1) is 23.6. The molecule has 0 saturated carbocycles. The Kier molecular flexibility index (Phi) is 6.97. The molecule has 3 aromatic rings. The number of sulfonamides is 1. The predicted octanol–water partition coefficient (Wildman–Crippen LogP) is 4.38. The van der Waals surface area contributed by atoms with Crippen LogP contribution in [0.3, 0.4) is 0 Å². The van der Waals surface area contributed by atoms with Crippen molar-refractivity contribution < 1.29 is 12.8 Å². The highest BCUT2D eigenvalue weighted by Crippen LogP contribution is 2.27. The Balaban J connectivity index is 1.59. The van der Waals surface area contributed by atoms with Gasteiger partial charge < -0.3 is 4.90 Å². The molecule has 174 valence electrons. The number of aromatic nitrogens is 2. The van der Waals surface area contributed by atoms with Crippen LogP contribution in [-0.2, 0) is 16.4 Å². The van der Waals surface area contributed by atoms with Gasteiger partial charge in [0.05, 0.1) is 4.90 Å². The zero-order chi connectivity index (χ0) is 23.6. The Labute approximate surface area is 199 Å². The summed E-state index contributed by atoms with van der Waals surface area (Å²) in [7, 11) is -3.69. The molecule has 0 unspecified atom stereocenters. The largest absolute Gasteiger partial charge is 0.355 e. The number of hydrogen-bond donors (Lipinski definition) is 0. The van der Waals surface area contributed by atoms with Gasteiger partial charge in [0.15, 0.2) is 0 Å². The molecule has 2 heterocycles. The summed E-state index contributed by atoms with van der Waals surface area (Å²) >= 11 is 6.04. The quantitative estimate of drug-likeness (QED) is 0.533. The molecule has 1 aliphatic rings. The second kappa shape index (κ2) is 9.75. The minimum atomic E-state index is -3.69. The smallest absolute Gasteiger partial charge is 0.243 e. The molecule has 0 spiro atoms. The maximum absolute atomic E-state index is 13.3. The molecule has 1 fully saturated rings. The first-order valence-corrected chi connectivity index (χ1v) is 12.6. The molecule has 4 rings (SSSR count). The fourth-order valence-corrected chi connectivity index (χ4v) is 5.69. The van der Waals surface area contributed by atoms with Gasteiger partial charge in [-0.3, -0.25) is 0 Å². The highest BCUT2D eigenvalue weighted by atomic mass is 35.5. The summed E-state index contributed by atoms with van der Waals surface area (Å²) in [6.07, 6.45) is 1.32. The lowest BCUT2D eigenvalue weighted by Crippen LogP contribution is -2.35. The molecule has 1 aromatic heterocycles. The molecule has 9 heteroatoms. The Hall–Kier alpha value is -2.55. The molecule has 0 radical (unpaired) electrons. The van der Waals surface area contributed by atoms with Gasteiger partial charge in [0.1, 0.15) is 17.5 Å². The van der Waals surface area contributed by atoms with Crippen molar-refractivity contribution in [1.29, 1.82) is 0 Å². The van der Waals surface area contributed by atoms with E-state index in [9.17, 15) is 12.8 Å². The Morgan fingerprint density at radius 1 is 0.939 bits per heavy atom. The Morgan fingerprint density at radius 3 is 2.33 bits per heavy atom. The van der Waals surface area contributed by atoms with E-state index in [0.29, 0.717) is 49.9 Å². The van der Waals surface area contributed by atoms with E-state index in [1.165, 1.54) is 28.6 Å². The van der Waals surface area contributed by atoms with Crippen molar-refractivity contribution in [1.82, 2.24) is 14.3 Å². The van der Waals surface area contributed by atoms with Crippen molar-refractivity contribution >= 4 is 27.4 Å². The van der Waals surface area contributed by atoms with Gasteiger partial charge in [-0.2, -0.15) is 4.31 Å². The molecule has 2 aromatic carbocycles. The van der Waals surface area contributed by atoms with E-state index >= 15 is 0 Å². The first-order valence-electron chi connectivity index (χ1n) is 10.8. The van der Waals surface area contributed by atoms with E-state index < -0.39 is 15.8 Å². The molecule has 33 heavy (non-hydrogen) atoms. The third kappa shape index (κ3) is 5.34. The van der Waals surface area contributed by atoms with E-state index in [-0.39, 0.29) is 4.90 Å². The number of benzene rings is 2. The SMILES string of the molecule is Cc1nc(C)c(Cc2ccc(Cl)cc2)c(N2CCCN(S(=O)(=O)c3ccc(F)cc3)CC2)n1. The summed E-state index contributed by atoms with van der Waals surface area (Å²) < 4.78 is 40.9. The van der Waals surface area contributed by atoms with Gasteiger partial charge >= 0.3 is 0 Å². The van der Waals surface area contributed by atoms with E-state index in [2.05, 4.69) is 9.88 Å². The van der Waals surface area contributed by atoms with Gasteiger partial charge in [-0.05, 0) is 62.2 Å². The summed E-state index contributed by atoms with van der Waals surface area (Å²) in [6.45, 7) is 5.75. The number of anilines is 1. The van der Waals surface area contributed by atoms with Crippen LogP contribution in [0.5, 0.6) is 0 Å². The Morgan fingerprint density at radius 2 is 1.64 bits per heavy atom. The van der Waals surface area contributed by atoms with Crippen molar-refractivity contribution in [2.24, 2.45) is 0 Å². The second-order valence-electron chi connectivity index (χ2n) is 8.16. The lowest BCUT2D eigenvalue weighted by Gasteiger charge is -2.26. The van der Waals surface area contributed by atoms with Gasteiger partial charge in [-0.25, -0.2) is 22.8 Å². The van der Waals surface area contributed by atoms with Gasteiger partial charge in [0.25, 0.3) is 0 Å². The highest BCUT2D eigenvalue weighted by molar-refractivity contribution is 7.89. The summed E-state index contributed by atoms with van der Waals surface area (Å²) in [5.41, 5.74) is 3.04. The summed E-state index contributed by atoms with van der Waals surface area (Å²) in [5, 5.41) is 0.686. The van der Waals surface area contributed by atoms with Crippen LogP contribution in [0.4, 0.5) is 10.2 Å². The third-order valence-electron chi connectivity index (χ3n) is 5.80. The van der Waals surface area contributed by atoms with Crippen LogP contribution in [0.1, 0.15) is 29.1 Å². The predicted molar refractivity (Wildman–Crippen MR) is 128 cm³/mol. The van der Waals surface area contributed by atoms with Crippen LogP contribution in [0.25, 0.3) is 0 Å². The van der Waals surface area contributed by atoms with E-state index in [4.69, 9.17) is 16.6 Å². The third-order valence-corrected chi connectivity index (χ3v) is 7.97. The van der Waals surface area contributed by atoms with Crippen LogP contribution >= 0.6 is 11.6 Å². The zero-order valence-corrected chi connectivity index (χ0v) is 20.2. The summed E-state index contributed by atoms with van der Waals surface area (Å²) in [5.74, 6) is 1.07. The molecule has 0 N–H and O–H groups in total. The van der Waals surface area contributed by atoms with Crippen molar-refractivity contribution in [3.63, 3.8) is 0 Å². The van der Waals surface area contributed by atoms with Crippen molar-refractivity contribution in [3.05, 3.63) is 82.0 Å². The van der Waals surface area contributed by atoms with E-state index in [0.717, 1.165) is 22.6 Å². The second-order valence-corrected chi connectivity index (χ2v) is 10.5. The number of halogens is 2. The van der Waals surface area contributed by atoms with Crippen LogP contribution in [0.15, 0.2) is 53.4 Å². The monoisotopic (exact) mass is 488 g/mol. The fourth-order valence-electron chi connectivity index (χ4n) is 4.09. The van der Waals surface area contributed by atoms with Crippen LogP contribution < -0.4 is 4.90 Å². The first-order chi connectivity index (χ1) is 15.7. The molecule has 0 bridgehead atoms. The average molecular weight is 489 g/mol. The molecule has 0 amide bonds. The number of nitrogens with zero attached hydrogens (tertiary/aromatic N) is 4. The molecular formula is C24H26ClFN4O2S. The Bertz CT molecular complexity index is 1230. The summed E-state index contributed by atoms with van der Waals surface area (Å²) in [6, 6.07) is 12.7. The standard InChI is InChI=1S/C24H26ClFN4O2S/c1-17-23(16-19-4-6-20(25)7-5-19)24(28-18(2)27-17)29-12-3-13-30(15-14-29)33(31,32)22-10-8-21(26)9-11-22/h4-11H,3,12-16H2,1-2H3. The van der Waals surface area contributed by atoms with Crippen molar-refractivity contribution in [3.8, 4) is 0 Å². The normalized spacial score (nSPS) is 15.5. The minimum Gasteiger partial charge on any atom is -0.355 e. The van der Waals surface area contributed by atoms with Crippen LogP contribution in [-0.4, -0.2) is 48.9 Å². The van der Waals surface area contributed by atoms with Gasteiger partial charge in [0, 0.05) is 48.9 Å². The lowest BCUT2D eigenvalue weighted by molar-refractivity contribution is 0.433. The molecule has 6 nitrogen and oxygen atoms in total. The highest BCUT2D eigenvalue weighted by Gasteiger charge is 2.28. The van der Waals surface area contributed by atoms with Crippen molar-refractivity contribution in [2.75, 3.05) is 31.1 Å². The number of rotatable bonds is 5. The fraction of sp³-hybridized carbons (Fsp3) is 0.333. The van der Waals surface area contributed by atoms with E-state index in [1.807, 2.05) is 38.1 Å². The van der Waals surface area contributed by atoms with Gasteiger partial charge in [0.2, 0.25) is 10.0 Å². The van der Waals surface area contributed by atoms with E-state index in [1.54, 1.807) is 0 Å².